The molecule has 0 saturated heterocycles. The Morgan fingerprint density at radius 3 is 2.33 bits per heavy atom. The fraction of sp³-hybridized carbons (Fsp3) is 0.517. The number of ketones is 1. The maximum absolute atomic E-state index is 13.3. The Bertz CT molecular complexity index is 1460. The smallest absolute Gasteiger partial charge is 0.287 e. The molecule has 0 aliphatic heterocycles. The Kier molecular flexibility index (Phi) is 9.86. The molecule has 0 aromatic carbocycles. The van der Waals surface area contributed by atoms with Gasteiger partial charge in [0.25, 0.3) is 17.4 Å². The zero-order valence-electron chi connectivity index (χ0n) is 23.5. The highest BCUT2D eigenvalue weighted by Crippen LogP contribution is 2.53. The van der Waals surface area contributed by atoms with Crippen LogP contribution in [0.2, 0.25) is 0 Å². The van der Waals surface area contributed by atoms with Crippen molar-refractivity contribution in [1.29, 1.82) is 0 Å². The third-order valence-corrected chi connectivity index (χ3v) is 12.0. The second-order valence-corrected chi connectivity index (χ2v) is 14.9. The van der Waals surface area contributed by atoms with Gasteiger partial charge in [0.05, 0.1) is 8.66 Å². The van der Waals surface area contributed by atoms with E-state index in [0.29, 0.717) is 25.0 Å². The molecule has 4 aliphatic rings. The van der Waals surface area contributed by atoms with Crippen LogP contribution >= 0.6 is 43.2 Å². The van der Waals surface area contributed by atoms with Gasteiger partial charge in [-0.25, -0.2) is 0 Å². The highest BCUT2D eigenvalue weighted by molar-refractivity contribution is 9.13. The Labute approximate surface area is 269 Å². The molecule has 0 spiro atoms. The van der Waals surface area contributed by atoms with Crippen molar-refractivity contribution in [2.45, 2.75) is 63.6 Å². The summed E-state index contributed by atoms with van der Waals surface area (Å²) in [5, 5.41) is 10.6. The largest absolute Gasteiger partial charge is 0.353 e. The molecule has 0 radical (unpaired) electrons. The highest BCUT2D eigenvalue weighted by Gasteiger charge is 2.48. The molecule has 4 bridgehead atoms. The molecule has 0 unspecified atom stereocenters. The summed E-state index contributed by atoms with van der Waals surface area (Å²) in [5.41, 5.74) is -0.651. The number of nitrogens with one attached hydrogen (secondary N) is 4. The molecule has 4 amide bonds. The van der Waals surface area contributed by atoms with Gasteiger partial charge >= 0.3 is 0 Å². The number of rotatable bonds is 11. The van der Waals surface area contributed by atoms with Gasteiger partial charge < -0.3 is 25.8 Å². The second kappa shape index (κ2) is 13.4. The number of aromatic nitrogens is 1. The van der Waals surface area contributed by atoms with Crippen LogP contribution in [0.5, 0.6) is 0 Å². The maximum Gasteiger partial charge on any atom is 0.287 e. The molecular formula is C29H33Br2N5O6S. The summed E-state index contributed by atoms with van der Waals surface area (Å²) in [7, 11) is 1.32. The molecule has 4 N–H and O–H groups in total. The minimum atomic E-state index is -1.23. The highest BCUT2D eigenvalue weighted by atomic mass is 79.9. The van der Waals surface area contributed by atoms with E-state index in [1.54, 1.807) is 12.1 Å². The number of anilines is 1. The first-order valence-corrected chi connectivity index (χ1v) is 16.7. The van der Waals surface area contributed by atoms with Crippen molar-refractivity contribution in [1.82, 2.24) is 20.5 Å². The van der Waals surface area contributed by atoms with Gasteiger partial charge in [-0.2, -0.15) is 0 Å². The molecule has 43 heavy (non-hydrogen) atoms. The third-order valence-electron chi connectivity index (χ3n) is 8.78. The van der Waals surface area contributed by atoms with Gasteiger partial charge in [0.1, 0.15) is 18.3 Å². The predicted molar refractivity (Wildman–Crippen MR) is 168 cm³/mol. The van der Waals surface area contributed by atoms with Crippen LogP contribution in [0.25, 0.3) is 0 Å². The number of thiophene rings is 1. The van der Waals surface area contributed by atoms with Gasteiger partial charge in [-0.05, 0) is 112 Å². The van der Waals surface area contributed by atoms with E-state index in [2.05, 4.69) is 53.1 Å². The summed E-state index contributed by atoms with van der Waals surface area (Å²) in [4.78, 5) is 76.6. The summed E-state index contributed by atoms with van der Waals surface area (Å²) >= 11 is 7.80. The number of nitrogens with zero attached hydrogens (tertiary/aromatic N) is 1. The van der Waals surface area contributed by atoms with Crippen molar-refractivity contribution in [2.75, 3.05) is 12.4 Å². The molecule has 2 aromatic rings. The quantitative estimate of drug-likeness (QED) is 0.260. The van der Waals surface area contributed by atoms with Crippen molar-refractivity contribution >= 4 is 78.3 Å². The van der Waals surface area contributed by atoms with Crippen LogP contribution in [0.3, 0.4) is 0 Å². The SMILES string of the molecule is CNC(=O)C(=O)CC[C@H](NC(=O)c1cc(Br)c(Br)s1)C(=O)Nc1cccn(CC(=O)NC2C3CC4CC(C3)CC2C4)c1=O. The molecule has 230 valence electrons. The van der Waals surface area contributed by atoms with Gasteiger partial charge in [-0.15, -0.1) is 11.3 Å². The van der Waals surface area contributed by atoms with Crippen molar-refractivity contribution in [3.63, 3.8) is 0 Å². The number of hydrogen-bond donors (Lipinski definition) is 4. The average Bonchev–Trinajstić information content (AvgIpc) is 3.31. The number of likely N-dealkylation sites (N-methyl/N-ethyl adjacent to an activating group) is 1. The lowest BCUT2D eigenvalue weighted by molar-refractivity contribution is -0.137. The second-order valence-electron chi connectivity index (χ2n) is 11.7. The van der Waals surface area contributed by atoms with Crippen LogP contribution in [0, 0.1) is 23.7 Å². The summed E-state index contributed by atoms with van der Waals surface area (Å²) in [6.45, 7) is -0.186. The average molecular weight is 739 g/mol. The Morgan fingerprint density at radius 2 is 1.72 bits per heavy atom. The lowest BCUT2D eigenvalue weighted by atomic mass is 9.54. The normalized spacial score (nSPS) is 24.2. The van der Waals surface area contributed by atoms with Crippen LogP contribution in [0.15, 0.2) is 37.4 Å². The van der Waals surface area contributed by atoms with Gasteiger partial charge in [-0.1, -0.05) is 0 Å². The molecule has 4 fully saturated rings. The molecule has 6 rings (SSSR count). The Hall–Kier alpha value is -2.84. The molecular weight excluding hydrogens is 706 g/mol. The van der Waals surface area contributed by atoms with E-state index in [4.69, 9.17) is 0 Å². The number of amides is 4. The molecule has 2 heterocycles. The van der Waals surface area contributed by atoms with E-state index in [0.717, 1.165) is 48.9 Å². The van der Waals surface area contributed by atoms with E-state index >= 15 is 0 Å². The van der Waals surface area contributed by atoms with E-state index in [-0.39, 0.29) is 37.0 Å². The summed E-state index contributed by atoms with van der Waals surface area (Å²) in [6, 6.07) is 3.46. The van der Waals surface area contributed by atoms with E-state index in [1.807, 2.05) is 0 Å². The molecule has 14 heteroatoms. The van der Waals surface area contributed by atoms with Crippen LogP contribution in [-0.4, -0.2) is 53.1 Å². The standard InChI is InChI=1S/C29H33Br2N5O6S/c1-32-27(40)21(37)5-4-19(33-28(41)22-12-18(30)25(31)43-22)26(39)34-20-3-2-6-36(29(20)42)13-23(38)35-24-16-8-14-7-15(10-16)11-17(24)9-14/h2-3,6,12,14-17,19,24H,4-5,7-11,13H2,1H3,(H,32,40)(H,33,41)(H,34,39)(H,35,38)/t14?,15?,16?,17?,19-,24?/m0/s1. The van der Waals surface area contributed by atoms with Crippen LogP contribution < -0.4 is 26.8 Å². The van der Waals surface area contributed by atoms with Crippen LogP contribution in [0.1, 0.15) is 54.6 Å². The minimum Gasteiger partial charge on any atom is -0.353 e. The number of halogens is 2. The number of hydrogen-bond acceptors (Lipinski definition) is 7. The monoisotopic (exact) mass is 737 g/mol. The van der Waals surface area contributed by atoms with Gasteiger partial charge in [-0.3, -0.25) is 28.8 Å². The Balaban J connectivity index is 1.25. The van der Waals surface area contributed by atoms with E-state index < -0.39 is 35.1 Å². The van der Waals surface area contributed by atoms with Gasteiger partial charge in [0.15, 0.2) is 0 Å². The van der Waals surface area contributed by atoms with Crippen LogP contribution in [-0.2, 0) is 25.7 Å². The first-order valence-electron chi connectivity index (χ1n) is 14.3. The van der Waals surface area contributed by atoms with Gasteiger partial charge in [0, 0.05) is 30.2 Å². The lowest BCUT2D eigenvalue weighted by Crippen LogP contribution is -2.56. The first kappa shape index (κ1) is 31.6. The third kappa shape index (κ3) is 7.28. The van der Waals surface area contributed by atoms with Crippen molar-refractivity contribution in [2.24, 2.45) is 23.7 Å². The minimum absolute atomic E-state index is 0.0755. The van der Waals surface area contributed by atoms with E-state index in [9.17, 15) is 28.8 Å². The summed E-state index contributed by atoms with van der Waals surface area (Å²) in [6.07, 6.45) is 6.97. The van der Waals surface area contributed by atoms with Crippen molar-refractivity contribution in [3.8, 4) is 0 Å². The number of pyridine rings is 1. The molecule has 4 aliphatic carbocycles. The van der Waals surface area contributed by atoms with E-state index in [1.165, 1.54) is 30.3 Å². The van der Waals surface area contributed by atoms with Crippen molar-refractivity contribution < 1.29 is 24.0 Å². The first-order chi connectivity index (χ1) is 20.5. The fourth-order valence-electron chi connectivity index (χ4n) is 7.01. The van der Waals surface area contributed by atoms with Gasteiger partial charge in [0.2, 0.25) is 17.6 Å². The predicted octanol–water partition coefficient (Wildman–Crippen LogP) is 3.21. The fourth-order valence-corrected chi connectivity index (χ4v) is 8.95. The lowest BCUT2D eigenvalue weighted by Gasteiger charge is -2.54. The Morgan fingerprint density at radius 1 is 1.05 bits per heavy atom. The zero-order chi connectivity index (χ0) is 30.8. The topological polar surface area (TPSA) is 155 Å². The number of carbonyl (C=O) groups is 5. The molecule has 11 nitrogen and oxygen atoms in total. The van der Waals surface area contributed by atoms with Crippen molar-refractivity contribution in [3.05, 3.63) is 47.9 Å². The molecule has 1 atom stereocenters. The summed E-state index contributed by atoms with van der Waals surface area (Å²) < 4.78 is 2.59. The number of carbonyl (C=O) groups excluding carboxylic acids is 5. The molecule has 4 saturated carbocycles. The zero-order valence-corrected chi connectivity index (χ0v) is 27.5. The maximum atomic E-state index is 13.3. The van der Waals surface area contributed by atoms with Crippen LogP contribution in [0.4, 0.5) is 5.69 Å². The summed E-state index contributed by atoms with van der Waals surface area (Å²) in [5.74, 6) is -0.530. The number of Topliss-reactive ketones (excluding diaryl/α,β-unsaturated/α-hetero) is 1. The molecule has 2 aromatic heterocycles.